The Labute approximate surface area is 200 Å². The normalized spacial score (nSPS) is 11.1. The third kappa shape index (κ3) is 4.08. The topological polar surface area (TPSA) is 60.4 Å². The maximum absolute atomic E-state index is 5.97. The Balaban J connectivity index is 0.000000157. The Morgan fingerprint density at radius 3 is 2.10 bits per heavy atom. The predicted octanol–water partition coefficient (Wildman–Crippen LogP) is 6.19. The van der Waals surface area contributed by atoms with Gasteiger partial charge in [0, 0.05) is 5.56 Å². The molecule has 0 spiro atoms. The summed E-state index contributed by atoms with van der Waals surface area (Å²) in [5.74, 6) is 0. The van der Waals surface area contributed by atoms with Crippen molar-refractivity contribution < 1.29 is 0 Å². The summed E-state index contributed by atoms with van der Waals surface area (Å²) in [6, 6.07) is 21.8. The lowest BCUT2D eigenvalue weighted by Gasteiger charge is -2.03. The van der Waals surface area contributed by atoms with Crippen LogP contribution in [0.25, 0.3) is 33.3 Å². The molecule has 0 amide bonds. The summed E-state index contributed by atoms with van der Waals surface area (Å²) >= 11 is 13.8. The van der Waals surface area contributed by atoms with Gasteiger partial charge >= 0.3 is 0 Å². The van der Waals surface area contributed by atoms with Gasteiger partial charge in [-0.25, -0.2) is 19.0 Å². The van der Waals surface area contributed by atoms with Crippen LogP contribution < -0.4 is 0 Å². The molecule has 0 aliphatic carbocycles. The molecule has 6 aromatic rings. The summed E-state index contributed by atoms with van der Waals surface area (Å²) in [6.07, 6.45) is 3.57. The lowest BCUT2D eigenvalue weighted by Crippen LogP contribution is -1.94. The number of imidazole rings is 2. The number of fused-ring (bicyclic) bond motifs is 3. The first-order chi connectivity index (χ1) is 15.1. The molecule has 0 unspecified atom stereocenters. The van der Waals surface area contributed by atoms with Crippen LogP contribution in [0.4, 0.5) is 0 Å². The molecule has 0 aliphatic heterocycles. The summed E-state index contributed by atoms with van der Waals surface area (Å²) in [7, 11) is 0. The van der Waals surface area contributed by atoms with Crippen LogP contribution in [0.3, 0.4) is 0 Å². The zero-order valence-corrected chi connectivity index (χ0v) is 19.5. The van der Waals surface area contributed by atoms with Crippen LogP contribution in [0.1, 0.15) is 0 Å². The van der Waals surface area contributed by atoms with E-state index in [1.807, 2.05) is 30.5 Å². The highest BCUT2D eigenvalue weighted by atomic mass is 127. The molecule has 0 bridgehead atoms. The third-order valence-electron chi connectivity index (χ3n) is 4.66. The van der Waals surface area contributed by atoms with E-state index >= 15 is 0 Å². The van der Waals surface area contributed by atoms with E-state index in [0.717, 1.165) is 26.3 Å². The molecular weight excluding hydrogens is 546 g/mol. The van der Waals surface area contributed by atoms with E-state index in [1.54, 1.807) is 27.4 Å². The van der Waals surface area contributed by atoms with Gasteiger partial charge in [0.25, 0.3) is 0 Å². The van der Waals surface area contributed by atoms with E-state index in [0.29, 0.717) is 10.3 Å². The van der Waals surface area contributed by atoms with Crippen LogP contribution in [0.5, 0.6) is 0 Å². The molecule has 6 nitrogen and oxygen atoms in total. The van der Waals surface area contributed by atoms with Crippen LogP contribution in [-0.4, -0.2) is 29.2 Å². The summed E-state index contributed by atoms with van der Waals surface area (Å²) in [5.41, 5.74) is 3.62. The first-order valence-corrected chi connectivity index (χ1v) is 11.1. The Morgan fingerprint density at radius 1 is 0.677 bits per heavy atom. The van der Waals surface area contributed by atoms with Gasteiger partial charge in [-0.3, -0.25) is 0 Å². The molecule has 4 aromatic heterocycles. The first-order valence-electron chi connectivity index (χ1n) is 9.24. The van der Waals surface area contributed by atoms with Gasteiger partial charge < -0.3 is 0 Å². The van der Waals surface area contributed by atoms with E-state index in [9.17, 15) is 0 Å². The maximum Gasteiger partial charge on any atom is 0.154 e. The molecule has 0 fully saturated rings. The third-order valence-corrected chi connectivity index (χ3v) is 5.80. The van der Waals surface area contributed by atoms with Crippen molar-refractivity contribution in [3.63, 3.8) is 0 Å². The fraction of sp³-hybridized carbons (Fsp3) is 0. The minimum Gasteiger partial charge on any atom is -0.235 e. The molecule has 4 heterocycles. The summed E-state index contributed by atoms with van der Waals surface area (Å²) in [5, 5.41) is 11.7. The van der Waals surface area contributed by atoms with Gasteiger partial charge in [-0.2, -0.15) is 10.2 Å². The van der Waals surface area contributed by atoms with Crippen LogP contribution in [-0.2, 0) is 0 Å². The Morgan fingerprint density at radius 2 is 1.32 bits per heavy atom. The average molecular weight is 559 g/mol. The highest BCUT2D eigenvalue weighted by Crippen LogP contribution is 2.25. The molecule has 0 aliphatic rings. The van der Waals surface area contributed by atoms with Gasteiger partial charge in [0.2, 0.25) is 0 Å². The van der Waals surface area contributed by atoms with E-state index in [1.165, 1.54) is 10.8 Å². The predicted molar refractivity (Wildman–Crippen MR) is 132 cm³/mol. The zero-order chi connectivity index (χ0) is 21.4. The number of hydrogen-bond donors (Lipinski definition) is 0. The van der Waals surface area contributed by atoms with Crippen molar-refractivity contribution in [2.45, 2.75) is 0 Å². The van der Waals surface area contributed by atoms with Crippen LogP contribution >= 0.6 is 45.8 Å². The maximum atomic E-state index is 5.97. The minimum absolute atomic E-state index is 0.456. The highest BCUT2D eigenvalue weighted by molar-refractivity contribution is 14.1. The molecular formula is C22H13Cl2IN6. The van der Waals surface area contributed by atoms with Crippen molar-refractivity contribution in [1.82, 2.24) is 29.2 Å². The molecule has 2 aromatic carbocycles. The highest BCUT2D eigenvalue weighted by Gasteiger charge is 2.08. The quantitative estimate of drug-likeness (QED) is 0.226. The molecule has 152 valence electrons. The van der Waals surface area contributed by atoms with Crippen LogP contribution in [0.2, 0.25) is 10.3 Å². The van der Waals surface area contributed by atoms with Gasteiger partial charge in [0.15, 0.2) is 11.3 Å². The monoisotopic (exact) mass is 558 g/mol. The van der Waals surface area contributed by atoms with Crippen molar-refractivity contribution in [1.29, 1.82) is 0 Å². The lowest BCUT2D eigenvalue weighted by atomic mass is 10.1. The molecule has 0 atom stereocenters. The van der Waals surface area contributed by atoms with Gasteiger partial charge in [0.1, 0.15) is 14.0 Å². The van der Waals surface area contributed by atoms with E-state index in [-0.39, 0.29) is 0 Å². The molecule has 0 N–H and O–H groups in total. The SMILES string of the molecule is Clc1ccc2ncc(-c3ccc4ccccc4c3)n2n1.Clc1ccc2ncc(I)n2n1. The number of halogens is 3. The fourth-order valence-electron chi connectivity index (χ4n) is 3.22. The second-order valence-electron chi connectivity index (χ2n) is 6.64. The Kier molecular flexibility index (Phi) is 5.47. The van der Waals surface area contributed by atoms with Crippen molar-refractivity contribution in [2.75, 3.05) is 0 Å². The Bertz CT molecular complexity index is 1540. The molecule has 0 saturated heterocycles. The number of benzene rings is 2. The van der Waals surface area contributed by atoms with Crippen LogP contribution in [0.15, 0.2) is 79.1 Å². The second-order valence-corrected chi connectivity index (χ2v) is 8.52. The van der Waals surface area contributed by atoms with Gasteiger partial charge in [0.05, 0.1) is 18.1 Å². The van der Waals surface area contributed by atoms with Crippen molar-refractivity contribution in [3.8, 4) is 11.3 Å². The number of nitrogens with zero attached hydrogens (tertiary/aromatic N) is 6. The second kappa shape index (κ2) is 8.41. The summed E-state index contributed by atoms with van der Waals surface area (Å²) in [6.45, 7) is 0. The molecule has 0 radical (unpaired) electrons. The molecule has 0 saturated carbocycles. The minimum atomic E-state index is 0.456. The van der Waals surface area contributed by atoms with Crippen molar-refractivity contribution in [3.05, 3.63) is 93.1 Å². The van der Waals surface area contributed by atoms with E-state index < -0.39 is 0 Å². The average Bonchev–Trinajstić information content (AvgIpc) is 3.37. The lowest BCUT2D eigenvalue weighted by molar-refractivity contribution is 0.914. The van der Waals surface area contributed by atoms with Crippen molar-refractivity contribution in [2.24, 2.45) is 0 Å². The number of hydrogen-bond acceptors (Lipinski definition) is 4. The standard InChI is InChI=1S/C16H10ClN3.C6H3ClIN3/c17-15-7-8-16-18-10-14(20(16)19-15)13-6-5-11-3-1-2-4-12(11)9-13;7-4-1-2-6-9-3-5(8)11(6)10-4/h1-10H;1-3H. The molecule has 6 rings (SSSR count). The molecule has 9 heteroatoms. The largest absolute Gasteiger partial charge is 0.235 e. The first kappa shape index (κ1) is 20.2. The fourth-order valence-corrected chi connectivity index (χ4v) is 3.99. The van der Waals surface area contributed by atoms with Crippen molar-refractivity contribution >= 4 is 67.9 Å². The summed E-state index contributed by atoms with van der Waals surface area (Å²) < 4.78 is 4.43. The van der Waals surface area contributed by atoms with E-state index in [2.05, 4.69) is 73.1 Å². The van der Waals surface area contributed by atoms with Crippen LogP contribution in [0, 0.1) is 3.70 Å². The van der Waals surface area contributed by atoms with E-state index in [4.69, 9.17) is 23.2 Å². The van der Waals surface area contributed by atoms with Gasteiger partial charge in [-0.05, 0) is 63.7 Å². The number of rotatable bonds is 1. The Hall–Kier alpha value is -2.75. The zero-order valence-electron chi connectivity index (χ0n) is 15.8. The smallest absolute Gasteiger partial charge is 0.154 e. The molecule has 31 heavy (non-hydrogen) atoms. The van der Waals surface area contributed by atoms with Gasteiger partial charge in [-0.1, -0.05) is 59.6 Å². The number of aromatic nitrogens is 6. The van der Waals surface area contributed by atoms with Gasteiger partial charge in [-0.15, -0.1) is 0 Å². The summed E-state index contributed by atoms with van der Waals surface area (Å²) in [4.78, 5) is 8.45.